The van der Waals surface area contributed by atoms with Gasteiger partial charge >= 0.3 is 6.18 Å². The summed E-state index contributed by atoms with van der Waals surface area (Å²) in [6, 6.07) is 21.1. The lowest BCUT2D eigenvalue weighted by Crippen LogP contribution is -2.31. The number of halogens is 5. The van der Waals surface area contributed by atoms with Gasteiger partial charge in [-0.25, -0.2) is 0 Å². The van der Waals surface area contributed by atoms with Crippen LogP contribution in [0, 0.1) is 0 Å². The predicted octanol–water partition coefficient (Wildman–Crippen LogP) is 7.54. The third kappa shape index (κ3) is 6.09. The van der Waals surface area contributed by atoms with Crippen LogP contribution in [0.25, 0.3) is 28.2 Å². The molecule has 0 aliphatic rings. The smallest absolute Gasteiger partial charge is 0.351 e. The van der Waals surface area contributed by atoms with Crippen LogP contribution >= 0.6 is 27.5 Å². The van der Waals surface area contributed by atoms with E-state index in [4.69, 9.17) is 11.6 Å². The van der Waals surface area contributed by atoms with Gasteiger partial charge in [0.25, 0.3) is 5.91 Å². The number of hydrogen-bond donors (Lipinski definition) is 1. The summed E-state index contributed by atoms with van der Waals surface area (Å²) in [6.07, 6.45) is -4.56. The average Bonchev–Trinajstić information content (AvgIpc) is 3.28. The Morgan fingerprint density at radius 2 is 1.65 bits per heavy atom. The van der Waals surface area contributed by atoms with Crippen LogP contribution in [0.1, 0.15) is 15.9 Å². The molecule has 0 radical (unpaired) electrons. The molecular weight excluding hydrogens is 567 g/mol. The molecule has 37 heavy (non-hydrogen) atoms. The van der Waals surface area contributed by atoms with E-state index in [9.17, 15) is 18.0 Å². The Hall–Kier alpha value is -3.07. The van der Waals surface area contributed by atoms with Gasteiger partial charge in [-0.15, -0.1) is 0 Å². The fraction of sp³-hybridized carbons (Fsp3) is 0.179. The van der Waals surface area contributed by atoms with Crippen molar-refractivity contribution in [2.75, 3.05) is 27.2 Å². The molecule has 0 spiro atoms. The number of nitrogens with zero attached hydrogens (tertiary/aromatic N) is 2. The summed E-state index contributed by atoms with van der Waals surface area (Å²) in [5.74, 6) is -0.274. The number of carbonyl (C=O) groups excluding carboxylic acids is 1. The highest BCUT2D eigenvalue weighted by Gasteiger charge is 2.34. The first-order chi connectivity index (χ1) is 17.6. The molecule has 0 atom stereocenters. The quantitative estimate of drug-likeness (QED) is 0.242. The van der Waals surface area contributed by atoms with Crippen molar-refractivity contribution in [1.29, 1.82) is 0 Å². The van der Waals surface area contributed by atoms with Crippen LogP contribution in [0.5, 0.6) is 0 Å². The largest absolute Gasteiger partial charge is 0.418 e. The van der Waals surface area contributed by atoms with Crippen LogP contribution in [-0.4, -0.2) is 42.6 Å². The number of rotatable bonds is 7. The molecule has 1 N–H and O–H groups in total. The summed E-state index contributed by atoms with van der Waals surface area (Å²) in [6.45, 7) is 1.15. The van der Waals surface area contributed by atoms with E-state index < -0.39 is 11.7 Å². The van der Waals surface area contributed by atoms with Crippen molar-refractivity contribution < 1.29 is 18.0 Å². The van der Waals surface area contributed by atoms with Crippen molar-refractivity contribution in [3.63, 3.8) is 0 Å². The standard InChI is InChI=1S/C28H24BrClF3N3O/c1-35(2)16-15-34-27(37)19-9-12-21(23(30)17-19)25-14-13-24(18-7-10-20(29)11-8-18)36(25)26-6-4-3-5-22(26)28(31,32)33/h3-14,17H,15-16H2,1-2H3,(H,34,37). The van der Waals surface area contributed by atoms with E-state index in [0.29, 0.717) is 35.6 Å². The highest BCUT2D eigenvalue weighted by molar-refractivity contribution is 9.10. The summed E-state index contributed by atoms with van der Waals surface area (Å²) in [5, 5.41) is 3.09. The lowest BCUT2D eigenvalue weighted by molar-refractivity contribution is -0.137. The van der Waals surface area contributed by atoms with Crippen LogP contribution in [-0.2, 0) is 6.18 Å². The lowest BCUT2D eigenvalue weighted by Gasteiger charge is -2.20. The Morgan fingerprint density at radius 1 is 0.973 bits per heavy atom. The molecule has 0 fully saturated rings. The molecule has 0 aliphatic heterocycles. The Balaban J connectivity index is 1.84. The Kier molecular flexibility index (Phi) is 8.11. The molecule has 192 valence electrons. The molecule has 9 heteroatoms. The van der Waals surface area contributed by atoms with Gasteiger partial charge in [0, 0.05) is 28.7 Å². The summed E-state index contributed by atoms with van der Waals surface area (Å²) < 4.78 is 44.5. The molecular formula is C28H24BrClF3N3O. The van der Waals surface area contributed by atoms with Crippen molar-refractivity contribution in [2.24, 2.45) is 0 Å². The molecule has 1 aromatic heterocycles. The molecule has 1 amide bonds. The lowest BCUT2D eigenvalue weighted by atomic mass is 10.1. The maximum atomic E-state index is 14.0. The van der Waals surface area contributed by atoms with Gasteiger partial charge in [-0.05, 0) is 68.2 Å². The van der Waals surface area contributed by atoms with Gasteiger partial charge in [0.15, 0.2) is 0 Å². The van der Waals surface area contributed by atoms with Gasteiger partial charge < -0.3 is 14.8 Å². The van der Waals surface area contributed by atoms with Crippen molar-refractivity contribution in [3.8, 4) is 28.2 Å². The molecule has 0 bridgehead atoms. The van der Waals surface area contributed by atoms with E-state index in [0.717, 1.165) is 16.1 Å². The van der Waals surface area contributed by atoms with Gasteiger partial charge in [-0.1, -0.05) is 57.9 Å². The first kappa shape index (κ1) is 27.0. The number of aromatic nitrogens is 1. The van der Waals surface area contributed by atoms with Gasteiger partial charge in [-0.3, -0.25) is 4.79 Å². The van der Waals surface area contributed by atoms with Crippen molar-refractivity contribution >= 4 is 33.4 Å². The second kappa shape index (κ2) is 11.1. The second-order valence-electron chi connectivity index (χ2n) is 8.71. The average molecular weight is 591 g/mol. The van der Waals surface area contributed by atoms with Gasteiger partial charge in [0.05, 0.1) is 27.7 Å². The minimum Gasteiger partial charge on any atom is -0.351 e. The normalized spacial score (nSPS) is 11.7. The van der Waals surface area contributed by atoms with E-state index in [1.807, 2.05) is 43.3 Å². The maximum Gasteiger partial charge on any atom is 0.418 e. The number of likely N-dealkylation sites (N-methyl/N-ethyl adjacent to an activating group) is 1. The first-order valence-electron chi connectivity index (χ1n) is 11.4. The highest BCUT2D eigenvalue weighted by Crippen LogP contribution is 2.40. The van der Waals surface area contributed by atoms with Crippen LogP contribution in [0.15, 0.2) is 83.3 Å². The molecule has 4 nitrogen and oxygen atoms in total. The molecule has 0 aliphatic carbocycles. The maximum absolute atomic E-state index is 14.0. The van der Waals surface area contributed by atoms with Crippen LogP contribution < -0.4 is 5.32 Å². The topological polar surface area (TPSA) is 37.3 Å². The van der Waals surface area contributed by atoms with Gasteiger partial charge in [-0.2, -0.15) is 13.2 Å². The minimum atomic E-state index is -4.56. The SMILES string of the molecule is CN(C)CCNC(=O)c1ccc(-c2ccc(-c3ccc(Br)cc3)n2-c2ccccc2C(F)(F)F)c(Cl)c1. The monoisotopic (exact) mass is 589 g/mol. The van der Waals surface area contributed by atoms with E-state index >= 15 is 0 Å². The fourth-order valence-electron chi connectivity index (χ4n) is 4.02. The van der Waals surface area contributed by atoms with E-state index in [-0.39, 0.29) is 16.6 Å². The van der Waals surface area contributed by atoms with Gasteiger partial charge in [0.1, 0.15) is 0 Å². The summed E-state index contributed by atoms with van der Waals surface area (Å²) in [4.78, 5) is 14.5. The number of benzene rings is 3. The fourth-order valence-corrected chi connectivity index (χ4v) is 4.56. The molecule has 4 rings (SSSR count). The number of carbonyl (C=O) groups is 1. The van der Waals surface area contributed by atoms with Crippen molar-refractivity contribution in [2.45, 2.75) is 6.18 Å². The number of para-hydroxylation sites is 1. The van der Waals surface area contributed by atoms with Crippen molar-refractivity contribution in [3.05, 3.63) is 99.5 Å². The number of amides is 1. The molecule has 0 saturated heterocycles. The molecule has 0 saturated carbocycles. The zero-order chi connectivity index (χ0) is 26.7. The highest BCUT2D eigenvalue weighted by atomic mass is 79.9. The summed E-state index contributed by atoms with van der Waals surface area (Å²) in [5.41, 5.74) is 1.87. The Morgan fingerprint density at radius 3 is 2.30 bits per heavy atom. The second-order valence-corrected chi connectivity index (χ2v) is 10.0. The molecule has 1 heterocycles. The van der Waals surface area contributed by atoms with E-state index in [1.165, 1.54) is 18.2 Å². The molecule has 0 unspecified atom stereocenters. The zero-order valence-electron chi connectivity index (χ0n) is 20.1. The zero-order valence-corrected chi connectivity index (χ0v) is 22.5. The van der Waals surface area contributed by atoms with Crippen LogP contribution in [0.3, 0.4) is 0 Å². The molecule has 3 aromatic carbocycles. The van der Waals surface area contributed by atoms with Crippen molar-refractivity contribution in [1.82, 2.24) is 14.8 Å². The Bertz CT molecular complexity index is 1420. The minimum absolute atomic E-state index is 0.0190. The van der Waals surface area contributed by atoms with E-state index in [2.05, 4.69) is 21.2 Å². The van der Waals surface area contributed by atoms with E-state index in [1.54, 1.807) is 34.9 Å². The number of nitrogens with one attached hydrogen (secondary N) is 1. The summed E-state index contributed by atoms with van der Waals surface area (Å²) >= 11 is 10.0. The Labute approximate surface area is 226 Å². The predicted molar refractivity (Wildman–Crippen MR) is 145 cm³/mol. The van der Waals surface area contributed by atoms with Crippen LogP contribution in [0.4, 0.5) is 13.2 Å². The summed E-state index contributed by atoms with van der Waals surface area (Å²) in [7, 11) is 3.82. The van der Waals surface area contributed by atoms with Gasteiger partial charge in [0.2, 0.25) is 0 Å². The number of hydrogen-bond acceptors (Lipinski definition) is 2. The molecule has 4 aromatic rings. The first-order valence-corrected chi connectivity index (χ1v) is 12.6. The third-order valence-corrected chi connectivity index (χ3v) is 6.66. The van der Waals surface area contributed by atoms with Crippen LogP contribution in [0.2, 0.25) is 5.02 Å². The third-order valence-electron chi connectivity index (χ3n) is 5.82. The number of alkyl halides is 3.